The zero-order chi connectivity index (χ0) is 15.5. The number of hydrogen-bond donors (Lipinski definition) is 1. The van der Waals surface area contributed by atoms with Gasteiger partial charge in [0.05, 0.1) is 0 Å². The zero-order valence-electron chi connectivity index (χ0n) is 13.7. The van der Waals surface area contributed by atoms with Crippen LogP contribution in [0.1, 0.15) is 24.0 Å². The molecule has 1 heterocycles. The number of benzene rings is 1. The molecule has 1 N–H and O–H groups in total. The van der Waals surface area contributed by atoms with Gasteiger partial charge in [0, 0.05) is 39.0 Å². The number of unbranched alkanes of at least 4 members (excludes halogenated alkanes) is 1. The Morgan fingerprint density at radius 2 is 1.62 bits per heavy atom. The Kier molecular flexibility index (Phi) is 9.76. The summed E-state index contributed by atoms with van der Waals surface area (Å²) in [5.74, 6) is 1.27. The number of aliphatic hydroxyl groups excluding tert-OH is 1. The van der Waals surface area contributed by atoms with Crippen LogP contribution in [0.15, 0.2) is 24.3 Å². The smallest absolute Gasteiger partial charge is 0.0319 e. The highest BCUT2D eigenvalue weighted by Crippen LogP contribution is 2.15. The fraction of sp³-hybridized carbons (Fsp3) is 0.647. The lowest BCUT2D eigenvalue weighted by molar-refractivity contribution is 0.233. The molecule has 0 amide bonds. The molecule has 0 spiro atoms. The number of aryl methyl sites for hydroxylation is 2. The van der Waals surface area contributed by atoms with Crippen molar-refractivity contribution in [1.82, 2.24) is 9.21 Å². The predicted octanol–water partition coefficient (Wildman–Crippen LogP) is 2.82. The van der Waals surface area contributed by atoms with Crippen LogP contribution in [0.2, 0.25) is 0 Å². The van der Waals surface area contributed by atoms with Gasteiger partial charge in [-0.05, 0) is 38.8 Å². The van der Waals surface area contributed by atoms with Gasteiger partial charge in [0.2, 0.25) is 0 Å². The normalized spacial score (nSPS) is 16.4. The van der Waals surface area contributed by atoms with Crippen LogP contribution in [0.5, 0.6) is 0 Å². The second kappa shape index (κ2) is 11.1. The van der Waals surface area contributed by atoms with Crippen molar-refractivity contribution in [2.24, 2.45) is 0 Å². The molecule has 21 heavy (non-hydrogen) atoms. The summed E-state index contributed by atoms with van der Waals surface area (Å²) in [5.41, 5.74) is 2.84. The van der Waals surface area contributed by atoms with Crippen molar-refractivity contribution in [3.8, 4) is 0 Å². The molecule has 1 fully saturated rings. The maximum absolute atomic E-state index is 7.00. The van der Waals surface area contributed by atoms with Crippen LogP contribution in [0, 0.1) is 6.92 Å². The van der Waals surface area contributed by atoms with Crippen LogP contribution >= 0.6 is 11.9 Å². The van der Waals surface area contributed by atoms with E-state index in [4.69, 9.17) is 5.11 Å². The summed E-state index contributed by atoms with van der Waals surface area (Å²) >= 11 is 2.04. The summed E-state index contributed by atoms with van der Waals surface area (Å²) < 4.78 is 2.53. The van der Waals surface area contributed by atoms with Gasteiger partial charge in [0.15, 0.2) is 0 Å². The number of rotatable bonds is 6. The standard InChI is InChI=1S/C16H26N2S.CH4O/c1-15-6-8-16(9-7-15)5-3-4-14-19-18-12-10-17(2)11-13-18;1-2/h6-9H,3-5,10-14H2,1-2H3;2H,1H3. The maximum atomic E-state index is 7.00. The van der Waals surface area contributed by atoms with Gasteiger partial charge in [-0.1, -0.05) is 41.8 Å². The molecule has 1 saturated heterocycles. The summed E-state index contributed by atoms with van der Waals surface area (Å²) in [4.78, 5) is 2.41. The number of hydrogen-bond acceptors (Lipinski definition) is 4. The van der Waals surface area contributed by atoms with Crippen molar-refractivity contribution in [3.63, 3.8) is 0 Å². The van der Waals surface area contributed by atoms with Gasteiger partial charge in [0.1, 0.15) is 0 Å². The third-order valence-corrected chi connectivity index (χ3v) is 4.92. The third kappa shape index (κ3) is 7.86. The van der Waals surface area contributed by atoms with Crippen molar-refractivity contribution in [2.75, 3.05) is 46.1 Å². The first-order chi connectivity index (χ1) is 10.2. The molecule has 0 atom stereocenters. The van der Waals surface area contributed by atoms with E-state index < -0.39 is 0 Å². The van der Waals surface area contributed by atoms with Crippen LogP contribution in [-0.2, 0) is 6.42 Å². The van der Waals surface area contributed by atoms with Crippen LogP contribution in [0.3, 0.4) is 0 Å². The van der Waals surface area contributed by atoms with E-state index in [-0.39, 0.29) is 0 Å². The molecule has 0 aromatic heterocycles. The molecule has 1 aromatic rings. The quantitative estimate of drug-likeness (QED) is 0.646. The lowest BCUT2D eigenvalue weighted by Crippen LogP contribution is -2.41. The first-order valence-corrected chi connectivity index (χ1v) is 8.75. The van der Waals surface area contributed by atoms with Crippen molar-refractivity contribution in [1.29, 1.82) is 0 Å². The van der Waals surface area contributed by atoms with Gasteiger partial charge >= 0.3 is 0 Å². The minimum atomic E-state index is 1.00. The molecule has 2 rings (SSSR count). The summed E-state index contributed by atoms with van der Waals surface area (Å²) in [6.07, 6.45) is 3.86. The lowest BCUT2D eigenvalue weighted by Gasteiger charge is -2.31. The molecule has 1 aliphatic heterocycles. The van der Waals surface area contributed by atoms with Crippen molar-refractivity contribution >= 4 is 11.9 Å². The Labute approximate surface area is 134 Å². The number of nitrogens with zero attached hydrogens (tertiary/aromatic N) is 2. The van der Waals surface area contributed by atoms with E-state index in [2.05, 4.69) is 47.4 Å². The number of likely N-dealkylation sites (N-methyl/N-ethyl adjacent to an activating group) is 1. The molecule has 4 heteroatoms. The maximum Gasteiger partial charge on any atom is 0.0319 e. The van der Waals surface area contributed by atoms with Gasteiger partial charge in [0.25, 0.3) is 0 Å². The average Bonchev–Trinajstić information content (AvgIpc) is 2.53. The Morgan fingerprint density at radius 1 is 1.00 bits per heavy atom. The third-order valence-electron chi connectivity index (χ3n) is 3.72. The van der Waals surface area contributed by atoms with Gasteiger partial charge < -0.3 is 10.0 Å². The minimum Gasteiger partial charge on any atom is -0.400 e. The molecule has 0 radical (unpaired) electrons. The first-order valence-electron chi connectivity index (χ1n) is 7.81. The summed E-state index contributed by atoms with van der Waals surface area (Å²) in [6.45, 7) is 7.03. The molecule has 0 bridgehead atoms. The van der Waals surface area contributed by atoms with Crippen LogP contribution in [0.4, 0.5) is 0 Å². The van der Waals surface area contributed by atoms with Crippen LogP contribution in [0.25, 0.3) is 0 Å². The summed E-state index contributed by atoms with van der Waals surface area (Å²) in [5, 5.41) is 7.00. The Bertz CT molecular complexity index is 362. The second-order valence-electron chi connectivity index (χ2n) is 5.51. The predicted molar refractivity (Wildman–Crippen MR) is 93.8 cm³/mol. The Balaban J connectivity index is 0.00000106. The van der Waals surface area contributed by atoms with E-state index in [1.54, 1.807) is 0 Å². The Morgan fingerprint density at radius 3 is 2.24 bits per heavy atom. The highest BCUT2D eigenvalue weighted by atomic mass is 32.2. The van der Waals surface area contributed by atoms with E-state index in [1.807, 2.05) is 11.9 Å². The SMILES string of the molecule is CO.Cc1ccc(CCCCSN2CCN(C)CC2)cc1. The fourth-order valence-corrected chi connectivity index (χ4v) is 3.31. The van der Waals surface area contributed by atoms with Crippen molar-refractivity contribution in [3.05, 3.63) is 35.4 Å². The molecule has 0 unspecified atom stereocenters. The van der Waals surface area contributed by atoms with Gasteiger partial charge in [-0.25, -0.2) is 4.31 Å². The summed E-state index contributed by atoms with van der Waals surface area (Å²) in [7, 11) is 3.21. The molecule has 0 saturated carbocycles. The molecule has 3 nitrogen and oxygen atoms in total. The molecule has 1 aliphatic rings. The first kappa shape index (κ1) is 18.5. The van der Waals surface area contributed by atoms with Crippen molar-refractivity contribution in [2.45, 2.75) is 26.2 Å². The monoisotopic (exact) mass is 310 g/mol. The molecular formula is C17H30N2OS. The molecule has 0 aliphatic carbocycles. The molecular weight excluding hydrogens is 280 g/mol. The van der Waals surface area contributed by atoms with Gasteiger partial charge in [-0.15, -0.1) is 0 Å². The number of aliphatic hydroxyl groups is 1. The van der Waals surface area contributed by atoms with Crippen LogP contribution < -0.4 is 0 Å². The summed E-state index contributed by atoms with van der Waals surface area (Å²) in [6, 6.07) is 8.97. The average molecular weight is 311 g/mol. The zero-order valence-corrected chi connectivity index (χ0v) is 14.5. The highest BCUT2D eigenvalue weighted by molar-refractivity contribution is 7.97. The highest BCUT2D eigenvalue weighted by Gasteiger charge is 2.13. The number of piperazine rings is 1. The largest absolute Gasteiger partial charge is 0.400 e. The fourth-order valence-electron chi connectivity index (χ4n) is 2.30. The topological polar surface area (TPSA) is 26.7 Å². The van der Waals surface area contributed by atoms with Gasteiger partial charge in [-0.2, -0.15) is 0 Å². The van der Waals surface area contributed by atoms with E-state index in [0.29, 0.717) is 0 Å². The van der Waals surface area contributed by atoms with E-state index >= 15 is 0 Å². The van der Waals surface area contributed by atoms with Crippen molar-refractivity contribution < 1.29 is 5.11 Å². The van der Waals surface area contributed by atoms with Gasteiger partial charge in [-0.3, -0.25) is 0 Å². The van der Waals surface area contributed by atoms with E-state index in [0.717, 1.165) is 7.11 Å². The molecule has 120 valence electrons. The van der Waals surface area contributed by atoms with Crippen LogP contribution in [-0.4, -0.2) is 60.4 Å². The van der Waals surface area contributed by atoms with E-state index in [1.165, 1.54) is 62.3 Å². The second-order valence-corrected chi connectivity index (χ2v) is 6.69. The minimum absolute atomic E-state index is 1.00. The molecule has 1 aromatic carbocycles. The van der Waals surface area contributed by atoms with E-state index in [9.17, 15) is 0 Å². The lowest BCUT2D eigenvalue weighted by atomic mass is 10.1. The Hall–Kier alpha value is -0.550.